The first-order valence-corrected chi connectivity index (χ1v) is 8.06. The first-order valence-electron chi connectivity index (χ1n) is 7.68. The van der Waals surface area contributed by atoms with Crippen LogP contribution in [0.3, 0.4) is 0 Å². The fourth-order valence-corrected chi connectivity index (χ4v) is 3.32. The maximum Gasteiger partial charge on any atom is 0.253 e. The Kier molecular flexibility index (Phi) is 4.21. The Bertz CT molecular complexity index is 730. The van der Waals surface area contributed by atoms with Crippen molar-refractivity contribution in [2.45, 2.75) is 45.1 Å². The normalized spacial score (nSPS) is 15.9. The molecule has 2 aromatic rings. The lowest BCUT2D eigenvalue weighted by Gasteiger charge is -2.22. The van der Waals surface area contributed by atoms with Crippen molar-refractivity contribution in [3.05, 3.63) is 35.0 Å². The van der Waals surface area contributed by atoms with E-state index in [1.165, 1.54) is 17.9 Å². The third-order valence-corrected chi connectivity index (χ3v) is 4.53. The SMILES string of the molecule is CC(=O)n1cc(C(=O)NC2CCCCC2)c2ccc(Cl)cc21. The Morgan fingerprint density at radius 2 is 1.95 bits per heavy atom. The first-order chi connectivity index (χ1) is 10.6. The Balaban J connectivity index is 1.95. The van der Waals surface area contributed by atoms with Gasteiger partial charge in [0.15, 0.2) is 0 Å². The zero-order chi connectivity index (χ0) is 15.7. The predicted octanol–water partition coefficient (Wildman–Crippen LogP) is 4.02. The molecule has 1 amide bonds. The van der Waals surface area contributed by atoms with E-state index in [0.717, 1.165) is 31.1 Å². The monoisotopic (exact) mass is 318 g/mol. The quantitative estimate of drug-likeness (QED) is 0.909. The highest BCUT2D eigenvalue weighted by atomic mass is 35.5. The minimum atomic E-state index is -0.135. The van der Waals surface area contributed by atoms with Gasteiger partial charge in [0.2, 0.25) is 5.91 Å². The van der Waals surface area contributed by atoms with Gasteiger partial charge in [0, 0.05) is 29.6 Å². The molecule has 116 valence electrons. The van der Waals surface area contributed by atoms with Crippen LogP contribution < -0.4 is 5.32 Å². The minimum Gasteiger partial charge on any atom is -0.349 e. The van der Waals surface area contributed by atoms with Crippen LogP contribution in [-0.4, -0.2) is 22.4 Å². The number of aromatic nitrogens is 1. The third kappa shape index (κ3) is 2.88. The van der Waals surface area contributed by atoms with E-state index in [4.69, 9.17) is 11.6 Å². The number of hydrogen-bond acceptors (Lipinski definition) is 2. The van der Waals surface area contributed by atoms with Gasteiger partial charge < -0.3 is 5.32 Å². The van der Waals surface area contributed by atoms with Crippen LogP contribution in [0.25, 0.3) is 10.9 Å². The molecule has 5 heteroatoms. The van der Waals surface area contributed by atoms with Gasteiger partial charge in [-0.15, -0.1) is 0 Å². The molecule has 1 aromatic heterocycles. The van der Waals surface area contributed by atoms with E-state index in [0.29, 0.717) is 16.1 Å². The fourth-order valence-electron chi connectivity index (χ4n) is 3.15. The number of nitrogens with zero attached hydrogens (tertiary/aromatic N) is 1. The van der Waals surface area contributed by atoms with Gasteiger partial charge in [-0.3, -0.25) is 14.2 Å². The molecule has 0 atom stereocenters. The van der Waals surface area contributed by atoms with Crippen LogP contribution in [0.2, 0.25) is 5.02 Å². The molecular weight excluding hydrogens is 300 g/mol. The van der Waals surface area contributed by atoms with Gasteiger partial charge in [0.1, 0.15) is 0 Å². The van der Waals surface area contributed by atoms with Crippen LogP contribution in [0.5, 0.6) is 0 Å². The first kappa shape index (κ1) is 15.1. The topological polar surface area (TPSA) is 51.1 Å². The molecule has 0 spiro atoms. The number of amides is 1. The summed E-state index contributed by atoms with van der Waals surface area (Å²) in [5, 5.41) is 4.40. The van der Waals surface area contributed by atoms with Gasteiger partial charge >= 0.3 is 0 Å². The van der Waals surface area contributed by atoms with Crippen molar-refractivity contribution in [2.75, 3.05) is 0 Å². The number of carbonyl (C=O) groups is 2. The van der Waals surface area contributed by atoms with Crippen LogP contribution >= 0.6 is 11.6 Å². The third-order valence-electron chi connectivity index (χ3n) is 4.29. The molecule has 0 bridgehead atoms. The average Bonchev–Trinajstić information content (AvgIpc) is 2.87. The number of carbonyl (C=O) groups excluding carboxylic acids is 2. The minimum absolute atomic E-state index is 0.112. The number of rotatable bonds is 2. The highest BCUT2D eigenvalue weighted by molar-refractivity contribution is 6.31. The summed E-state index contributed by atoms with van der Waals surface area (Å²) in [6.07, 6.45) is 7.24. The summed E-state index contributed by atoms with van der Waals surface area (Å²) in [4.78, 5) is 24.4. The maximum absolute atomic E-state index is 12.6. The van der Waals surface area contributed by atoms with E-state index in [-0.39, 0.29) is 17.9 Å². The molecule has 1 N–H and O–H groups in total. The maximum atomic E-state index is 12.6. The second-order valence-electron chi connectivity index (χ2n) is 5.90. The summed E-state index contributed by atoms with van der Waals surface area (Å²) in [6.45, 7) is 1.48. The van der Waals surface area contributed by atoms with Crippen molar-refractivity contribution in [1.29, 1.82) is 0 Å². The zero-order valence-electron chi connectivity index (χ0n) is 12.6. The molecule has 1 fully saturated rings. The summed E-state index contributed by atoms with van der Waals surface area (Å²) < 4.78 is 1.48. The summed E-state index contributed by atoms with van der Waals surface area (Å²) in [6, 6.07) is 5.50. The van der Waals surface area contributed by atoms with Gasteiger partial charge in [-0.2, -0.15) is 0 Å². The van der Waals surface area contributed by atoms with Crippen molar-refractivity contribution in [2.24, 2.45) is 0 Å². The Labute approximate surface area is 134 Å². The van der Waals surface area contributed by atoms with Crippen molar-refractivity contribution in [1.82, 2.24) is 9.88 Å². The highest BCUT2D eigenvalue weighted by Crippen LogP contribution is 2.26. The molecule has 0 unspecified atom stereocenters. The molecule has 1 saturated carbocycles. The molecule has 4 nitrogen and oxygen atoms in total. The van der Waals surface area contributed by atoms with E-state index in [1.54, 1.807) is 24.4 Å². The lowest BCUT2D eigenvalue weighted by molar-refractivity contribution is 0.0929. The summed E-state index contributed by atoms with van der Waals surface area (Å²) >= 11 is 6.01. The zero-order valence-corrected chi connectivity index (χ0v) is 13.3. The van der Waals surface area contributed by atoms with Crippen LogP contribution in [0.1, 0.15) is 54.2 Å². The van der Waals surface area contributed by atoms with Crippen molar-refractivity contribution < 1.29 is 9.59 Å². The summed E-state index contributed by atoms with van der Waals surface area (Å²) in [7, 11) is 0. The lowest BCUT2D eigenvalue weighted by atomic mass is 9.95. The number of nitrogens with one attached hydrogen (secondary N) is 1. The highest BCUT2D eigenvalue weighted by Gasteiger charge is 2.21. The van der Waals surface area contributed by atoms with E-state index in [9.17, 15) is 9.59 Å². The number of halogens is 1. The molecule has 1 aliphatic carbocycles. The summed E-state index contributed by atoms with van der Waals surface area (Å²) in [5.74, 6) is -0.247. The van der Waals surface area contributed by atoms with Crippen LogP contribution in [0, 0.1) is 0 Å². The van der Waals surface area contributed by atoms with Crippen LogP contribution in [0.4, 0.5) is 0 Å². The van der Waals surface area contributed by atoms with E-state index in [1.807, 2.05) is 0 Å². The second-order valence-corrected chi connectivity index (χ2v) is 6.34. The molecule has 3 rings (SSSR count). The largest absolute Gasteiger partial charge is 0.349 e. The van der Waals surface area contributed by atoms with Gasteiger partial charge in [0.25, 0.3) is 5.91 Å². The molecule has 0 radical (unpaired) electrons. The van der Waals surface area contributed by atoms with Crippen molar-refractivity contribution in [3.8, 4) is 0 Å². The second kappa shape index (κ2) is 6.13. The standard InChI is InChI=1S/C17H19ClN2O2/c1-11(21)20-10-15(14-8-7-12(18)9-16(14)20)17(22)19-13-5-3-2-4-6-13/h7-10,13H,2-6H2,1H3,(H,19,22). The van der Waals surface area contributed by atoms with Gasteiger partial charge in [-0.1, -0.05) is 36.9 Å². The van der Waals surface area contributed by atoms with E-state index < -0.39 is 0 Å². The predicted molar refractivity (Wildman–Crippen MR) is 87.6 cm³/mol. The smallest absolute Gasteiger partial charge is 0.253 e. The molecule has 1 heterocycles. The van der Waals surface area contributed by atoms with Gasteiger partial charge in [0.05, 0.1) is 11.1 Å². The van der Waals surface area contributed by atoms with Crippen LogP contribution in [-0.2, 0) is 0 Å². The number of hydrogen-bond donors (Lipinski definition) is 1. The summed E-state index contributed by atoms with van der Waals surface area (Å²) in [5.41, 5.74) is 1.21. The van der Waals surface area contributed by atoms with Gasteiger partial charge in [-0.05, 0) is 25.0 Å². The molecule has 1 aromatic carbocycles. The van der Waals surface area contributed by atoms with E-state index in [2.05, 4.69) is 5.32 Å². The average molecular weight is 319 g/mol. The van der Waals surface area contributed by atoms with Crippen LogP contribution in [0.15, 0.2) is 24.4 Å². The van der Waals surface area contributed by atoms with Gasteiger partial charge in [-0.25, -0.2) is 0 Å². The lowest BCUT2D eigenvalue weighted by Crippen LogP contribution is -2.36. The van der Waals surface area contributed by atoms with E-state index >= 15 is 0 Å². The Morgan fingerprint density at radius 3 is 2.64 bits per heavy atom. The Morgan fingerprint density at radius 1 is 1.23 bits per heavy atom. The van der Waals surface area contributed by atoms with Crippen molar-refractivity contribution in [3.63, 3.8) is 0 Å². The fraction of sp³-hybridized carbons (Fsp3) is 0.412. The molecule has 22 heavy (non-hydrogen) atoms. The number of benzene rings is 1. The molecule has 0 aliphatic heterocycles. The molecular formula is C17H19ClN2O2. The molecule has 0 saturated heterocycles. The molecule has 1 aliphatic rings. The van der Waals surface area contributed by atoms with Crippen molar-refractivity contribution >= 4 is 34.3 Å². The number of fused-ring (bicyclic) bond motifs is 1. The Hall–Kier alpha value is -1.81.